The molecule has 2 aliphatic heterocycles. The molecule has 6 nitrogen and oxygen atoms in total. The highest BCUT2D eigenvalue weighted by molar-refractivity contribution is 6.35. The second-order valence-corrected chi connectivity index (χ2v) is 6.19. The molecule has 1 N–H and O–H groups in total. The fourth-order valence-electron chi connectivity index (χ4n) is 3.28. The van der Waals surface area contributed by atoms with Crippen LogP contribution in [-0.2, 0) is 14.4 Å². The topological polar surface area (TPSA) is 69.7 Å². The number of rotatable bonds is 5. The fourth-order valence-corrected chi connectivity index (χ4v) is 3.28. The van der Waals surface area contributed by atoms with Crippen LogP contribution in [0.4, 0.5) is 5.69 Å². The van der Waals surface area contributed by atoms with Crippen molar-refractivity contribution in [2.24, 2.45) is 0 Å². The van der Waals surface area contributed by atoms with Gasteiger partial charge in [-0.2, -0.15) is 0 Å². The van der Waals surface area contributed by atoms with Gasteiger partial charge in [0.2, 0.25) is 5.91 Å². The van der Waals surface area contributed by atoms with Gasteiger partial charge in [-0.3, -0.25) is 19.3 Å². The molecule has 0 unspecified atom stereocenters. The summed E-state index contributed by atoms with van der Waals surface area (Å²) in [5.41, 5.74) is 2.25. The lowest BCUT2D eigenvalue weighted by molar-refractivity contribution is -0.136. The van der Waals surface area contributed by atoms with Crippen molar-refractivity contribution in [3.63, 3.8) is 0 Å². The molecule has 1 fully saturated rings. The van der Waals surface area contributed by atoms with Gasteiger partial charge in [0.25, 0.3) is 11.8 Å². The number of hydrogen-bond acceptors (Lipinski definition) is 4. The van der Waals surface area contributed by atoms with Gasteiger partial charge in [0.05, 0.1) is 5.57 Å². The number of amides is 3. The van der Waals surface area contributed by atoms with Crippen LogP contribution in [0.2, 0.25) is 0 Å². The molecule has 0 atom stereocenters. The number of carbonyl (C=O) groups excluding carboxylic acids is 3. The lowest BCUT2D eigenvalue weighted by Crippen LogP contribution is -2.34. The van der Waals surface area contributed by atoms with Crippen molar-refractivity contribution in [1.29, 1.82) is 0 Å². The van der Waals surface area contributed by atoms with Crippen molar-refractivity contribution in [1.82, 2.24) is 9.80 Å². The zero-order valence-electron chi connectivity index (χ0n) is 14.2. The molecule has 0 aromatic heterocycles. The van der Waals surface area contributed by atoms with Crippen LogP contribution in [0.1, 0.15) is 25.3 Å². The molecule has 0 aliphatic carbocycles. The molecule has 1 aromatic carbocycles. The van der Waals surface area contributed by atoms with Crippen LogP contribution in [0, 0.1) is 0 Å². The Morgan fingerprint density at radius 2 is 1.80 bits per heavy atom. The number of carbonyl (C=O) groups is 3. The maximum atomic E-state index is 12.8. The predicted molar refractivity (Wildman–Crippen MR) is 95.4 cm³/mol. The lowest BCUT2D eigenvalue weighted by atomic mass is 10.0. The highest BCUT2D eigenvalue weighted by Crippen LogP contribution is 2.33. The molecule has 6 heteroatoms. The zero-order chi connectivity index (χ0) is 18.0. The van der Waals surface area contributed by atoms with Crippen LogP contribution < -0.4 is 5.32 Å². The van der Waals surface area contributed by atoms with Crippen LogP contribution in [0.15, 0.2) is 42.6 Å². The Kier molecular flexibility index (Phi) is 4.70. The normalized spacial score (nSPS) is 17.5. The fraction of sp³-hybridized carbons (Fsp3) is 0.316. The smallest absolute Gasteiger partial charge is 0.278 e. The van der Waals surface area contributed by atoms with E-state index in [2.05, 4.69) is 11.9 Å². The van der Waals surface area contributed by atoms with Crippen LogP contribution in [0.25, 0.3) is 5.57 Å². The highest BCUT2D eigenvalue weighted by atomic mass is 16.2. The third-order valence-corrected chi connectivity index (χ3v) is 4.37. The predicted octanol–water partition coefficient (Wildman–Crippen LogP) is 2.01. The lowest BCUT2D eigenvalue weighted by Gasteiger charge is -2.19. The van der Waals surface area contributed by atoms with Crippen molar-refractivity contribution in [3.05, 3.63) is 48.2 Å². The highest BCUT2D eigenvalue weighted by Gasteiger charge is 2.41. The number of hydrogen-bond donors (Lipinski definition) is 1. The first-order valence-electron chi connectivity index (χ1n) is 8.37. The molecule has 2 heterocycles. The number of likely N-dealkylation sites (tertiary alicyclic amines) is 1. The minimum atomic E-state index is -0.293. The molecule has 2 aliphatic rings. The van der Waals surface area contributed by atoms with Gasteiger partial charge in [0, 0.05) is 32.2 Å². The van der Waals surface area contributed by atoms with E-state index < -0.39 is 0 Å². The van der Waals surface area contributed by atoms with Crippen molar-refractivity contribution in [2.45, 2.75) is 19.8 Å². The molecular weight excluding hydrogens is 318 g/mol. The summed E-state index contributed by atoms with van der Waals surface area (Å²) in [7, 11) is 0. The zero-order valence-corrected chi connectivity index (χ0v) is 14.2. The van der Waals surface area contributed by atoms with E-state index in [9.17, 15) is 14.4 Å². The summed E-state index contributed by atoms with van der Waals surface area (Å²) >= 11 is 0. The molecule has 0 spiro atoms. The van der Waals surface area contributed by atoms with E-state index in [1.165, 1.54) is 11.8 Å². The van der Waals surface area contributed by atoms with Gasteiger partial charge in [0.1, 0.15) is 5.70 Å². The van der Waals surface area contributed by atoms with Gasteiger partial charge in [-0.15, -0.1) is 6.58 Å². The molecule has 1 saturated heterocycles. The average molecular weight is 339 g/mol. The Labute approximate surface area is 146 Å². The quantitative estimate of drug-likeness (QED) is 0.658. The van der Waals surface area contributed by atoms with E-state index in [-0.39, 0.29) is 24.3 Å². The Morgan fingerprint density at radius 3 is 2.36 bits per heavy atom. The molecular formula is C19H21N3O3. The van der Waals surface area contributed by atoms with Crippen molar-refractivity contribution in [3.8, 4) is 0 Å². The molecule has 1 aromatic rings. The SMILES string of the molecule is C=CCN1C(=O)C(c2ccc(NC(C)=O)cc2)=C(N2CCCC2)C1=O. The van der Waals surface area contributed by atoms with E-state index in [4.69, 9.17) is 0 Å². The summed E-state index contributed by atoms with van der Waals surface area (Å²) in [6, 6.07) is 7.00. The molecule has 0 saturated carbocycles. The minimum absolute atomic E-state index is 0.158. The second kappa shape index (κ2) is 6.93. The van der Waals surface area contributed by atoms with E-state index in [1.54, 1.807) is 30.3 Å². The van der Waals surface area contributed by atoms with Gasteiger partial charge in [-0.25, -0.2) is 0 Å². The first kappa shape index (κ1) is 17.0. The van der Waals surface area contributed by atoms with Gasteiger partial charge >= 0.3 is 0 Å². The monoisotopic (exact) mass is 339 g/mol. The van der Waals surface area contributed by atoms with Crippen LogP contribution >= 0.6 is 0 Å². The van der Waals surface area contributed by atoms with Gasteiger partial charge < -0.3 is 10.2 Å². The maximum Gasteiger partial charge on any atom is 0.278 e. The van der Waals surface area contributed by atoms with E-state index in [0.29, 0.717) is 22.5 Å². The van der Waals surface area contributed by atoms with Gasteiger partial charge in [-0.05, 0) is 30.5 Å². The third-order valence-electron chi connectivity index (χ3n) is 4.37. The van der Waals surface area contributed by atoms with Gasteiger partial charge in [0.15, 0.2) is 0 Å². The van der Waals surface area contributed by atoms with E-state index in [0.717, 1.165) is 25.9 Å². The summed E-state index contributed by atoms with van der Waals surface area (Å²) < 4.78 is 0. The van der Waals surface area contributed by atoms with Gasteiger partial charge in [-0.1, -0.05) is 18.2 Å². The number of benzene rings is 1. The standard InChI is InChI=1S/C19H21N3O3/c1-3-10-22-18(24)16(17(19(22)25)21-11-4-5-12-21)14-6-8-15(9-7-14)20-13(2)23/h3,6-9H,1,4-5,10-12H2,2H3,(H,20,23). The van der Waals surface area contributed by atoms with E-state index >= 15 is 0 Å². The summed E-state index contributed by atoms with van der Waals surface area (Å²) in [5.74, 6) is -0.708. The van der Waals surface area contributed by atoms with Crippen molar-refractivity contribution < 1.29 is 14.4 Å². The molecule has 3 amide bonds. The van der Waals surface area contributed by atoms with Crippen LogP contribution in [0.3, 0.4) is 0 Å². The number of nitrogens with one attached hydrogen (secondary N) is 1. The Balaban J connectivity index is 2.01. The molecule has 25 heavy (non-hydrogen) atoms. The molecule has 130 valence electrons. The second-order valence-electron chi connectivity index (χ2n) is 6.19. The van der Waals surface area contributed by atoms with E-state index in [1.807, 2.05) is 4.90 Å². The Hall–Kier alpha value is -2.89. The summed E-state index contributed by atoms with van der Waals surface area (Å²) in [4.78, 5) is 40.0. The molecule has 0 radical (unpaired) electrons. The Morgan fingerprint density at radius 1 is 1.16 bits per heavy atom. The number of nitrogens with zero attached hydrogens (tertiary/aromatic N) is 2. The third kappa shape index (κ3) is 3.20. The maximum absolute atomic E-state index is 12.8. The summed E-state index contributed by atoms with van der Waals surface area (Å²) in [6.45, 7) is 6.83. The molecule has 0 bridgehead atoms. The van der Waals surface area contributed by atoms with Crippen LogP contribution in [0.5, 0.6) is 0 Å². The van der Waals surface area contributed by atoms with Crippen molar-refractivity contribution in [2.75, 3.05) is 25.0 Å². The molecule has 3 rings (SSSR count). The van der Waals surface area contributed by atoms with Crippen LogP contribution in [-0.4, -0.2) is 47.2 Å². The first-order valence-corrected chi connectivity index (χ1v) is 8.37. The average Bonchev–Trinajstić information content (AvgIpc) is 3.17. The van der Waals surface area contributed by atoms with Crippen molar-refractivity contribution >= 4 is 29.0 Å². The summed E-state index contributed by atoms with van der Waals surface area (Å²) in [6.07, 6.45) is 3.59. The first-order chi connectivity index (χ1) is 12.0. The number of imide groups is 1. The largest absolute Gasteiger partial charge is 0.366 e. The minimum Gasteiger partial charge on any atom is -0.366 e. The number of anilines is 1. The Bertz CT molecular complexity index is 759. The summed E-state index contributed by atoms with van der Waals surface area (Å²) in [5, 5.41) is 2.70.